The fraction of sp³-hybridized carbons (Fsp3) is 0.355. The van der Waals surface area contributed by atoms with Gasteiger partial charge in [0.15, 0.2) is 0 Å². The Balaban J connectivity index is 1.20. The molecule has 2 amide bonds. The van der Waals surface area contributed by atoms with Crippen LogP contribution in [0, 0.1) is 0 Å². The standard InChI is InChI=1S/C31H32ClN3O4/c32-27-7-9-29(10-8-27)39-31(37)34-12-11-22-5-6-24(17-26(22)19-34)30(36)35-20-25-4-2-1-3-23(25)18-28(35)21-33-13-15-38-16-14-33/h1-10,17,28H,11-16,18-21H2/t28-/m0/s1. The number of fused-ring (bicyclic) bond motifs is 2. The normalized spacial score (nSPS) is 19.3. The van der Waals surface area contributed by atoms with Crippen LogP contribution in [-0.2, 0) is 30.7 Å². The number of amides is 2. The number of hydrogen-bond donors (Lipinski definition) is 0. The van der Waals surface area contributed by atoms with Crippen LogP contribution in [0.1, 0.15) is 32.6 Å². The predicted octanol–water partition coefficient (Wildman–Crippen LogP) is 4.80. The molecular formula is C31H32ClN3O4. The first-order valence-electron chi connectivity index (χ1n) is 13.6. The smallest absolute Gasteiger partial charge is 0.410 e. The van der Waals surface area contributed by atoms with Gasteiger partial charge in [0.1, 0.15) is 5.75 Å². The number of benzene rings is 3. The summed E-state index contributed by atoms with van der Waals surface area (Å²) in [6.07, 6.45) is 1.16. The van der Waals surface area contributed by atoms with Gasteiger partial charge in [-0.1, -0.05) is 41.9 Å². The minimum absolute atomic E-state index is 0.0337. The van der Waals surface area contributed by atoms with Crippen LogP contribution in [0.25, 0.3) is 0 Å². The summed E-state index contributed by atoms with van der Waals surface area (Å²) < 4.78 is 11.1. The largest absolute Gasteiger partial charge is 0.415 e. The third-order valence-electron chi connectivity index (χ3n) is 7.93. The second-order valence-electron chi connectivity index (χ2n) is 10.4. The van der Waals surface area contributed by atoms with Crippen molar-refractivity contribution in [3.63, 3.8) is 0 Å². The fourth-order valence-corrected chi connectivity index (χ4v) is 5.88. The highest BCUT2D eigenvalue weighted by Gasteiger charge is 2.33. The Bertz CT molecular complexity index is 1360. The van der Waals surface area contributed by atoms with Gasteiger partial charge in [0.25, 0.3) is 5.91 Å². The van der Waals surface area contributed by atoms with Gasteiger partial charge in [-0.15, -0.1) is 0 Å². The maximum absolute atomic E-state index is 14.0. The summed E-state index contributed by atoms with van der Waals surface area (Å²) in [7, 11) is 0. The molecule has 39 heavy (non-hydrogen) atoms. The minimum atomic E-state index is -0.405. The second kappa shape index (κ2) is 11.4. The summed E-state index contributed by atoms with van der Waals surface area (Å²) >= 11 is 5.94. The molecule has 202 valence electrons. The van der Waals surface area contributed by atoms with Gasteiger partial charge >= 0.3 is 6.09 Å². The van der Waals surface area contributed by atoms with E-state index in [2.05, 4.69) is 23.1 Å². The maximum Gasteiger partial charge on any atom is 0.415 e. The number of rotatable bonds is 4. The van der Waals surface area contributed by atoms with Crippen molar-refractivity contribution in [1.82, 2.24) is 14.7 Å². The molecular weight excluding hydrogens is 514 g/mol. The maximum atomic E-state index is 14.0. The van der Waals surface area contributed by atoms with Crippen molar-refractivity contribution >= 4 is 23.6 Å². The highest BCUT2D eigenvalue weighted by Crippen LogP contribution is 2.28. The molecule has 3 aliphatic rings. The van der Waals surface area contributed by atoms with Gasteiger partial charge in [0.05, 0.1) is 13.2 Å². The van der Waals surface area contributed by atoms with E-state index in [1.54, 1.807) is 29.2 Å². The topological polar surface area (TPSA) is 62.3 Å². The molecule has 3 aliphatic heterocycles. The van der Waals surface area contributed by atoms with Crippen LogP contribution in [0.4, 0.5) is 4.79 Å². The van der Waals surface area contributed by atoms with Gasteiger partial charge in [-0.05, 0) is 71.5 Å². The molecule has 7 nitrogen and oxygen atoms in total. The molecule has 0 aromatic heterocycles. The molecule has 1 saturated heterocycles. The molecule has 0 N–H and O–H groups in total. The summed E-state index contributed by atoms with van der Waals surface area (Å²) in [5, 5.41) is 0.586. The van der Waals surface area contributed by atoms with E-state index in [-0.39, 0.29) is 11.9 Å². The van der Waals surface area contributed by atoms with Crippen LogP contribution in [0.5, 0.6) is 5.75 Å². The molecule has 3 aromatic carbocycles. The van der Waals surface area contributed by atoms with Crippen molar-refractivity contribution in [2.45, 2.75) is 32.0 Å². The Hall–Kier alpha value is -3.39. The summed E-state index contributed by atoms with van der Waals surface area (Å²) in [5.74, 6) is 0.488. The first kappa shape index (κ1) is 25.9. The van der Waals surface area contributed by atoms with Crippen LogP contribution in [-0.4, -0.2) is 72.1 Å². The number of nitrogens with zero attached hydrogens (tertiary/aromatic N) is 3. The first-order valence-corrected chi connectivity index (χ1v) is 13.9. The van der Waals surface area contributed by atoms with E-state index in [0.717, 1.165) is 56.8 Å². The third kappa shape index (κ3) is 5.81. The Morgan fingerprint density at radius 3 is 2.44 bits per heavy atom. The van der Waals surface area contributed by atoms with E-state index in [9.17, 15) is 9.59 Å². The molecule has 0 spiro atoms. The molecule has 3 aromatic rings. The van der Waals surface area contributed by atoms with Gasteiger partial charge in [-0.3, -0.25) is 9.69 Å². The van der Waals surface area contributed by atoms with Crippen molar-refractivity contribution in [3.05, 3.63) is 99.6 Å². The van der Waals surface area contributed by atoms with Crippen molar-refractivity contribution in [1.29, 1.82) is 0 Å². The first-order chi connectivity index (χ1) is 19.0. The molecule has 0 radical (unpaired) electrons. The number of halogens is 1. The average Bonchev–Trinajstić information content (AvgIpc) is 2.97. The summed E-state index contributed by atoms with van der Waals surface area (Å²) in [6.45, 7) is 5.65. The highest BCUT2D eigenvalue weighted by atomic mass is 35.5. The molecule has 0 unspecified atom stereocenters. The minimum Gasteiger partial charge on any atom is -0.410 e. The van der Waals surface area contributed by atoms with Crippen LogP contribution in [0.2, 0.25) is 5.02 Å². The highest BCUT2D eigenvalue weighted by molar-refractivity contribution is 6.30. The van der Waals surface area contributed by atoms with E-state index in [0.29, 0.717) is 36.0 Å². The van der Waals surface area contributed by atoms with Crippen LogP contribution >= 0.6 is 11.6 Å². The SMILES string of the molecule is O=C(Oc1ccc(Cl)cc1)N1CCc2ccc(C(=O)N3Cc4ccccc4C[C@H]3CN3CCOCC3)cc2C1. The monoisotopic (exact) mass is 545 g/mol. The second-order valence-corrected chi connectivity index (χ2v) is 10.9. The van der Waals surface area contributed by atoms with Crippen LogP contribution in [0.15, 0.2) is 66.7 Å². The Morgan fingerprint density at radius 1 is 0.872 bits per heavy atom. The summed E-state index contributed by atoms with van der Waals surface area (Å²) in [6, 6.07) is 21.2. The lowest BCUT2D eigenvalue weighted by molar-refractivity contribution is 0.0193. The Labute approximate surface area is 233 Å². The molecule has 1 atom stereocenters. The molecule has 0 aliphatic carbocycles. The van der Waals surface area contributed by atoms with Gasteiger partial charge in [-0.25, -0.2) is 4.79 Å². The number of carbonyl (C=O) groups is 2. The van der Waals surface area contributed by atoms with E-state index >= 15 is 0 Å². The van der Waals surface area contributed by atoms with Crippen molar-refractivity contribution in [3.8, 4) is 5.75 Å². The number of hydrogen-bond acceptors (Lipinski definition) is 5. The van der Waals surface area contributed by atoms with E-state index < -0.39 is 6.09 Å². The summed E-state index contributed by atoms with van der Waals surface area (Å²) in [4.78, 5) is 33.0. The van der Waals surface area contributed by atoms with E-state index in [1.807, 2.05) is 29.2 Å². The lowest BCUT2D eigenvalue weighted by atomic mass is 9.92. The lowest BCUT2D eigenvalue weighted by Gasteiger charge is -2.40. The van der Waals surface area contributed by atoms with Crippen LogP contribution < -0.4 is 4.74 Å². The predicted molar refractivity (Wildman–Crippen MR) is 149 cm³/mol. The molecule has 0 bridgehead atoms. The average molecular weight is 546 g/mol. The van der Waals surface area contributed by atoms with E-state index in [4.69, 9.17) is 21.1 Å². The molecule has 0 saturated carbocycles. The molecule has 6 rings (SSSR count). The van der Waals surface area contributed by atoms with Crippen molar-refractivity contribution < 1.29 is 19.1 Å². The molecule has 1 fully saturated rings. The van der Waals surface area contributed by atoms with Gasteiger partial charge in [-0.2, -0.15) is 0 Å². The van der Waals surface area contributed by atoms with Gasteiger partial charge in [0, 0.05) is 55.9 Å². The lowest BCUT2D eigenvalue weighted by Crippen LogP contribution is -2.52. The van der Waals surface area contributed by atoms with Crippen LogP contribution in [0.3, 0.4) is 0 Å². The number of carbonyl (C=O) groups excluding carboxylic acids is 2. The third-order valence-corrected chi connectivity index (χ3v) is 8.18. The zero-order chi connectivity index (χ0) is 26.8. The fourth-order valence-electron chi connectivity index (χ4n) is 5.75. The van der Waals surface area contributed by atoms with Crippen molar-refractivity contribution in [2.75, 3.05) is 39.4 Å². The zero-order valence-corrected chi connectivity index (χ0v) is 22.6. The number of morpholine rings is 1. The molecule has 8 heteroatoms. The number of ether oxygens (including phenoxy) is 2. The quantitative estimate of drug-likeness (QED) is 0.471. The Kier molecular flexibility index (Phi) is 7.55. The Morgan fingerprint density at radius 2 is 1.64 bits per heavy atom. The zero-order valence-electron chi connectivity index (χ0n) is 21.9. The molecule has 3 heterocycles. The summed E-state index contributed by atoms with van der Waals surface area (Å²) in [5.41, 5.74) is 5.34. The van der Waals surface area contributed by atoms with Gasteiger partial charge < -0.3 is 19.3 Å². The van der Waals surface area contributed by atoms with Gasteiger partial charge in [0.2, 0.25) is 0 Å². The van der Waals surface area contributed by atoms with E-state index in [1.165, 1.54) is 11.1 Å². The van der Waals surface area contributed by atoms with Crippen molar-refractivity contribution in [2.24, 2.45) is 0 Å².